The Morgan fingerprint density at radius 1 is 0.867 bits per heavy atom. The molecule has 0 N–H and O–H groups in total. The zero-order valence-corrected chi connectivity index (χ0v) is 11.2. The molecule has 0 amide bonds. The molecule has 2 heteroatoms. The fourth-order valence-corrected chi connectivity index (χ4v) is 1.71. The van der Waals surface area contributed by atoms with Crippen molar-refractivity contribution >= 4 is 17.3 Å². The van der Waals surface area contributed by atoms with E-state index in [1.54, 1.807) is 0 Å². The number of rotatable bonds is 10. The Balaban J connectivity index is 3.11. The highest BCUT2D eigenvalue weighted by Crippen LogP contribution is 2.07. The van der Waals surface area contributed by atoms with E-state index in [4.69, 9.17) is 17.0 Å². The first-order valence-corrected chi connectivity index (χ1v) is 6.87. The molecule has 0 radical (unpaired) electrons. The number of unbranched alkanes of at least 4 members (excludes halogenated alkanes) is 6. The zero-order chi connectivity index (χ0) is 11.4. The van der Waals surface area contributed by atoms with Crippen LogP contribution in [0.5, 0.6) is 0 Å². The molecule has 0 unspecified atom stereocenters. The minimum absolute atomic E-state index is 0.821. The lowest BCUT2D eigenvalue weighted by atomic mass is 10.1. The summed E-state index contributed by atoms with van der Waals surface area (Å²) < 4.78 is 5.48. The normalized spacial score (nSPS) is 10.3. The molecular formula is C13H26OS. The fourth-order valence-electron chi connectivity index (χ4n) is 1.48. The summed E-state index contributed by atoms with van der Waals surface area (Å²) in [5.41, 5.74) is 0. The number of thiocarbonyl (C=S) groups is 1. The van der Waals surface area contributed by atoms with Crippen LogP contribution in [0, 0.1) is 0 Å². The average molecular weight is 230 g/mol. The quantitative estimate of drug-likeness (QED) is 0.391. The Labute approximate surface area is 101 Å². The van der Waals surface area contributed by atoms with E-state index in [1.165, 1.54) is 44.9 Å². The number of hydrogen-bond donors (Lipinski definition) is 0. The van der Waals surface area contributed by atoms with Gasteiger partial charge in [-0.25, -0.2) is 0 Å². The Morgan fingerprint density at radius 2 is 1.47 bits per heavy atom. The molecule has 90 valence electrons. The van der Waals surface area contributed by atoms with Crippen molar-refractivity contribution in [2.45, 2.75) is 71.6 Å². The molecule has 1 nitrogen and oxygen atoms in total. The first kappa shape index (κ1) is 14.9. The molecule has 0 saturated carbocycles. The van der Waals surface area contributed by atoms with E-state index in [1.807, 2.05) is 0 Å². The van der Waals surface area contributed by atoms with Gasteiger partial charge in [-0.3, -0.25) is 0 Å². The molecule has 0 aliphatic rings. The highest BCUT2D eigenvalue weighted by molar-refractivity contribution is 7.80. The largest absolute Gasteiger partial charge is 0.487 e. The van der Waals surface area contributed by atoms with Gasteiger partial charge in [0, 0.05) is 6.42 Å². The highest BCUT2D eigenvalue weighted by atomic mass is 32.1. The van der Waals surface area contributed by atoms with Crippen LogP contribution >= 0.6 is 12.2 Å². The van der Waals surface area contributed by atoms with Crippen molar-refractivity contribution in [1.29, 1.82) is 0 Å². The maximum Gasteiger partial charge on any atom is 0.159 e. The van der Waals surface area contributed by atoms with Gasteiger partial charge in [-0.2, -0.15) is 0 Å². The molecule has 0 spiro atoms. The number of ether oxygens (including phenoxy) is 1. The summed E-state index contributed by atoms with van der Waals surface area (Å²) >= 11 is 5.16. The average Bonchev–Trinajstić information content (AvgIpc) is 2.24. The lowest BCUT2D eigenvalue weighted by Crippen LogP contribution is -2.03. The first-order valence-electron chi connectivity index (χ1n) is 6.46. The van der Waals surface area contributed by atoms with Gasteiger partial charge >= 0.3 is 0 Å². The third-order valence-corrected chi connectivity index (χ3v) is 2.82. The van der Waals surface area contributed by atoms with E-state index >= 15 is 0 Å². The molecule has 0 aromatic carbocycles. The smallest absolute Gasteiger partial charge is 0.159 e. The van der Waals surface area contributed by atoms with Crippen molar-refractivity contribution in [3.05, 3.63) is 0 Å². The van der Waals surface area contributed by atoms with Crippen molar-refractivity contribution < 1.29 is 4.74 Å². The van der Waals surface area contributed by atoms with Gasteiger partial charge in [0.2, 0.25) is 0 Å². The molecule has 0 aliphatic heterocycles. The minimum atomic E-state index is 0.821. The second kappa shape index (κ2) is 12.0. The summed E-state index contributed by atoms with van der Waals surface area (Å²) in [4.78, 5) is 0. The van der Waals surface area contributed by atoms with Crippen LogP contribution in [-0.4, -0.2) is 11.7 Å². The number of hydrogen-bond acceptors (Lipinski definition) is 2. The molecule has 0 heterocycles. The molecule has 15 heavy (non-hydrogen) atoms. The van der Waals surface area contributed by atoms with Gasteiger partial charge in [0.15, 0.2) is 5.05 Å². The molecule has 0 atom stereocenters. The van der Waals surface area contributed by atoms with Crippen LogP contribution in [0.1, 0.15) is 71.6 Å². The van der Waals surface area contributed by atoms with Crippen LogP contribution in [0.3, 0.4) is 0 Å². The van der Waals surface area contributed by atoms with Crippen molar-refractivity contribution in [2.24, 2.45) is 0 Å². The molecule has 0 bridgehead atoms. The topological polar surface area (TPSA) is 9.23 Å². The first-order chi connectivity index (χ1) is 7.31. The predicted octanol–water partition coefficient (Wildman–Crippen LogP) is 4.88. The SMILES string of the molecule is CCCCCCCC(=S)OCCCCC. The Kier molecular flexibility index (Phi) is 11.9. The van der Waals surface area contributed by atoms with Gasteiger partial charge < -0.3 is 4.74 Å². The highest BCUT2D eigenvalue weighted by Gasteiger charge is 1.97. The second-order valence-electron chi connectivity index (χ2n) is 4.09. The van der Waals surface area contributed by atoms with Crippen LogP contribution in [-0.2, 0) is 4.74 Å². The third kappa shape index (κ3) is 11.8. The van der Waals surface area contributed by atoms with Crippen molar-refractivity contribution in [3.8, 4) is 0 Å². The van der Waals surface area contributed by atoms with Crippen LogP contribution in [0.2, 0.25) is 0 Å². The summed E-state index contributed by atoms with van der Waals surface area (Å²) in [5.74, 6) is 0. The maximum atomic E-state index is 5.48. The molecule has 0 aliphatic carbocycles. The zero-order valence-electron chi connectivity index (χ0n) is 10.4. The van der Waals surface area contributed by atoms with E-state index in [9.17, 15) is 0 Å². The van der Waals surface area contributed by atoms with Gasteiger partial charge in [0.25, 0.3) is 0 Å². The van der Waals surface area contributed by atoms with E-state index in [-0.39, 0.29) is 0 Å². The van der Waals surface area contributed by atoms with E-state index < -0.39 is 0 Å². The predicted molar refractivity (Wildman–Crippen MR) is 71.5 cm³/mol. The summed E-state index contributed by atoms with van der Waals surface area (Å²) in [5, 5.41) is 0.822. The lowest BCUT2D eigenvalue weighted by Gasteiger charge is -2.06. The molecule has 0 aromatic rings. The summed E-state index contributed by atoms with van der Waals surface area (Å²) in [7, 11) is 0. The Morgan fingerprint density at radius 3 is 2.13 bits per heavy atom. The van der Waals surface area contributed by atoms with Crippen molar-refractivity contribution in [2.75, 3.05) is 6.61 Å². The summed E-state index contributed by atoms with van der Waals surface area (Å²) in [6.45, 7) is 5.26. The third-order valence-electron chi connectivity index (χ3n) is 2.50. The van der Waals surface area contributed by atoms with Crippen molar-refractivity contribution in [3.63, 3.8) is 0 Å². The standard InChI is InChI=1S/C13H26OS/c1-3-5-7-8-9-11-13(15)14-12-10-6-4-2/h3-12H2,1-2H3. The summed E-state index contributed by atoms with van der Waals surface area (Å²) in [6.07, 6.45) is 11.1. The van der Waals surface area contributed by atoms with Gasteiger partial charge in [-0.15, -0.1) is 0 Å². The molecule has 0 fully saturated rings. The Bertz CT molecular complexity index is 145. The van der Waals surface area contributed by atoms with Gasteiger partial charge in [0.1, 0.15) is 0 Å². The Hall–Kier alpha value is -0.110. The molecule has 0 aromatic heterocycles. The second-order valence-corrected chi connectivity index (χ2v) is 4.55. The molecular weight excluding hydrogens is 204 g/mol. The van der Waals surface area contributed by atoms with E-state index in [0.717, 1.165) is 24.5 Å². The van der Waals surface area contributed by atoms with Gasteiger partial charge in [0.05, 0.1) is 6.61 Å². The van der Waals surface area contributed by atoms with Gasteiger partial charge in [-0.1, -0.05) is 52.4 Å². The monoisotopic (exact) mass is 230 g/mol. The lowest BCUT2D eigenvalue weighted by molar-refractivity contribution is 0.292. The van der Waals surface area contributed by atoms with Crippen LogP contribution in [0.15, 0.2) is 0 Å². The van der Waals surface area contributed by atoms with E-state index in [0.29, 0.717) is 0 Å². The van der Waals surface area contributed by atoms with Crippen molar-refractivity contribution in [1.82, 2.24) is 0 Å². The maximum absolute atomic E-state index is 5.48. The minimum Gasteiger partial charge on any atom is -0.487 e. The molecule has 0 rings (SSSR count). The fraction of sp³-hybridized carbons (Fsp3) is 0.923. The summed E-state index contributed by atoms with van der Waals surface area (Å²) in [6, 6.07) is 0. The van der Waals surface area contributed by atoms with Crippen LogP contribution in [0.4, 0.5) is 0 Å². The van der Waals surface area contributed by atoms with Crippen LogP contribution in [0.25, 0.3) is 0 Å². The molecule has 0 saturated heterocycles. The van der Waals surface area contributed by atoms with E-state index in [2.05, 4.69) is 13.8 Å². The van der Waals surface area contributed by atoms with Gasteiger partial charge in [-0.05, 0) is 25.1 Å². The van der Waals surface area contributed by atoms with Crippen LogP contribution < -0.4 is 0 Å².